The van der Waals surface area contributed by atoms with Crippen molar-refractivity contribution < 1.29 is 0 Å². The average molecular weight is 169 g/mol. The van der Waals surface area contributed by atoms with E-state index in [4.69, 9.17) is 11.5 Å². The van der Waals surface area contributed by atoms with Gasteiger partial charge < -0.3 is 11.5 Å². The van der Waals surface area contributed by atoms with Crippen LogP contribution in [0.2, 0.25) is 0 Å². The normalized spacial score (nSPS) is 21.8. The summed E-state index contributed by atoms with van der Waals surface area (Å²) in [7, 11) is 0. The van der Waals surface area contributed by atoms with Crippen LogP contribution in [0.25, 0.3) is 0 Å². The van der Waals surface area contributed by atoms with Crippen LogP contribution in [0.1, 0.15) is 39.0 Å². The van der Waals surface area contributed by atoms with Crippen LogP contribution in [-0.4, -0.2) is 12.5 Å². The smallest absolute Gasteiger partial charge is 0.185 e. The van der Waals surface area contributed by atoms with Gasteiger partial charge in [-0.3, -0.25) is 4.99 Å². The quantitative estimate of drug-likeness (QED) is 0.482. The van der Waals surface area contributed by atoms with E-state index in [1.54, 1.807) is 0 Å². The van der Waals surface area contributed by atoms with Crippen LogP contribution in [0.3, 0.4) is 0 Å². The molecule has 70 valence electrons. The van der Waals surface area contributed by atoms with Crippen molar-refractivity contribution in [1.82, 2.24) is 0 Å². The maximum atomic E-state index is 5.30. The van der Waals surface area contributed by atoms with Gasteiger partial charge in [0.2, 0.25) is 0 Å². The van der Waals surface area contributed by atoms with E-state index in [0.29, 0.717) is 5.41 Å². The Hall–Kier alpha value is -0.730. The molecular formula is C9H19N3. The second-order valence-electron chi connectivity index (χ2n) is 4.11. The van der Waals surface area contributed by atoms with Crippen LogP contribution in [0, 0.1) is 5.41 Å². The van der Waals surface area contributed by atoms with Crippen LogP contribution in [-0.2, 0) is 0 Å². The first kappa shape index (κ1) is 9.36. The zero-order valence-electron chi connectivity index (χ0n) is 7.84. The molecule has 0 bridgehead atoms. The second-order valence-corrected chi connectivity index (χ2v) is 4.11. The third-order valence-electron chi connectivity index (χ3n) is 2.70. The maximum absolute atomic E-state index is 5.30. The Morgan fingerprint density at radius 3 is 2.33 bits per heavy atom. The zero-order chi connectivity index (χ0) is 9.03. The summed E-state index contributed by atoms with van der Waals surface area (Å²) in [6.07, 6.45) is 6.57. The van der Waals surface area contributed by atoms with Gasteiger partial charge in [-0.2, -0.15) is 0 Å². The molecule has 0 atom stereocenters. The van der Waals surface area contributed by atoms with Crippen LogP contribution in [0.15, 0.2) is 4.99 Å². The number of hydrogen-bond acceptors (Lipinski definition) is 1. The molecule has 1 rings (SSSR count). The van der Waals surface area contributed by atoms with Gasteiger partial charge in [-0.05, 0) is 18.3 Å². The molecule has 0 aromatic rings. The van der Waals surface area contributed by atoms with Gasteiger partial charge >= 0.3 is 0 Å². The van der Waals surface area contributed by atoms with Gasteiger partial charge in [-0.15, -0.1) is 0 Å². The highest BCUT2D eigenvalue weighted by Crippen LogP contribution is 2.35. The summed E-state index contributed by atoms with van der Waals surface area (Å²) in [5, 5.41) is 0. The molecule has 1 fully saturated rings. The Balaban J connectivity index is 2.41. The summed E-state index contributed by atoms with van der Waals surface area (Å²) < 4.78 is 0. The van der Waals surface area contributed by atoms with Crippen molar-refractivity contribution in [2.45, 2.75) is 39.0 Å². The summed E-state index contributed by atoms with van der Waals surface area (Å²) >= 11 is 0. The fourth-order valence-electron chi connectivity index (χ4n) is 1.85. The standard InChI is InChI=1S/C9H19N3/c1-9(7-12-8(10)11)5-3-2-4-6-9/h2-7H2,1H3,(H4,10,11,12). The number of aliphatic imine (C=N–C) groups is 1. The summed E-state index contributed by atoms with van der Waals surface area (Å²) in [5.41, 5.74) is 11.0. The molecule has 4 N–H and O–H groups in total. The molecule has 1 aliphatic carbocycles. The van der Waals surface area contributed by atoms with Gasteiger partial charge in [0.1, 0.15) is 0 Å². The molecule has 3 nitrogen and oxygen atoms in total. The van der Waals surface area contributed by atoms with Gasteiger partial charge in [0.05, 0.1) is 0 Å². The molecule has 3 heteroatoms. The minimum atomic E-state index is 0.224. The molecule has 0 amide bonds. The van der Waals surface area contributed by atoms with Crippen molar-refractivity contribution in [3.63, 3.8) is 0 Å². The lowest BCUT2D eigenvalue weighted by Crippen LogP contribution is -2.28. The SMILES string of the molecule is CC1(CN=C(N)N)CCCCC1. The molecule has 0 unspecified atom stereocenters. The highest BCUT2D eigenvalue weighted by molar-refractivity contribution is 5.75. The van der Waals surface area contributed by atoms with Crippen molar-refractivity contribution in [3.05, 3.63) is 0 Å². The zero-order valence-corrected chi connectivity index (χ0v) is 7.84. The molecule has 0 heterocycles. The van der Waals surface area contributed by atoms with Crippen molar-refractivity contribution >= 4 is 5.96 Å². The third-order valence-corrected chi connectivity index (χ3v) is 2.70. The molecule has 0 aliphatic heterocycles. The fourth-order valence-corrected chi connectivity index (χ4v) is 1.85. The van der Waals surface area contributed by atoms with E-state index in [9.17, 15) is 0 Å². The first-order valence-electron chi connectivity index (χ1n) is 4.68. The van der Waals surface area contributed by atoms with E-state index in [1.165, 1.54) is 32.1 Å². The van der Waals surface area contributed by atoms with Crippen LogP contribution in [0.4, 0.5) is 0 Å². The predicted octanol–water partition coefficient (Wildman–Crippen LogP) is 1.23. The minimum Gasteiger partial charge on any atom is -0.370 e. The molecule has 0 aromatic heterocycles. The minimum absolute atomic E-state index is 0.224. The van der Waals surface area contributed by atoms with Crippen molar-refractivity contribution in [2.75, 3.05) is 6.54 Å². The first-order valence-corrected chi connectivity index (χ1v) is 4.68. The van der Waals surface area contributed by atoms with Crippen molar-refractivity contribution in [1.29, 1.82) is 0 Å². The Morgan fingerprint density at radius 2 is 1.83 bits per heavy atom. The highest BCUT2D eigenvalue weighted by atomic mass is 15.0. The van der Waals surface area contributed by atoms with Gasteiger partial charge in [0, 0.05) is 6.54 Å². The number of nitrogens with two attached hydrogens (primary N) is 2. The lowest BCUT2D eigenvalue weighted by Gasteiger charge is -2.31. The van der Waals surface area contributed by atoms with Crippen LogP contribution in [0.5, 0.6) is 0 Å². The van der Waals surface area contributed by atoms with E-state index in [1.807, 2.05) is 0 Å². The van der Waals surface area contributed by atoms with Crippen LogP contribution < -0.4 is 11.5 Å². The topological polar surface area (TPSA) is 64.4 Å². The van der Waals surface area contributed by atoms with Gasteiger partial charge in [0.15, 0.2) is 5.96 Å². The number of rotatable bonds is 2. The monoisotopic (exact) mass is 169 g/mol. The largest absolute Gasteiger partial charge is 0.370 e. The Labute approximate surface area is 74.2 Å². The van der Waals surface area contributed by atoms with Gasteiger partial charge in [0.25, 0.3) is 0 Å². The molecular weight excluding hydrogens is 150 g/mol. The molecule has 12 heavy (non-hydrogen) atoms. The number of nitrogens with zero attached hydrogens (tertiary/aromatic N) is 1. The van der Waals surface area contributed by atoms with E-state index in [-0.39, 0.29) is 5.96 Å². The predicted molar refractivity (Wildman–Crippen MR) is 51.9 cm³/mol. The molecule has 0 saturated heterocycles. The van der Waals surface area contributed by atoms with E-state index in [2.05, 4.69) is 11.9 Å². The summed E-state index contributed by atoms with van der Waals surface area (Å²) in [6, 6.07) is 0. The Morgan fingerprint density at radius 1 is 1.25 bits per heavy atom. The summed E-state index contributed by atoms with van der Waals surface area (Å²) in [6.45, 7) is 3.08. The Kier molecular flexibility index (Phi) is 2.95. The maximum Gasteiger partial charge on any atom is 0.185 e. The first-order chi connectivity index (χ1) is 5.62. The third kappa shape index (κ3) is 2.72. The lowest BCUT2D eigenvalue weighted by molar-refractivity contribution is 0.227. The van der Waals surface area contributed by atoms with Crippen molar-refractivity contribution in [2.24, 2.45) is 21.9 Å². The molecule has 0 spiro atoms. The van der Waals surface area contributed by atoms with Crippen molar-refractivity contribution in [3.8, 4) is 0 Å². The molecule has 0 radical (unpaired) electrons. The van der Waals surface area contributed by atoms with Crippen LogP contribution >= 0.6 is 0 Å². The highest BCUT2D eigenvalue weighted by Gasteiger charge is 2.26. The average Bonchev–Trinajstić information content (AvgIpc) is 2.03. The van der Waals surface area contributed by atoms with Gasteiger partial charge in [-0.25, -0.2) is 0 Å². The molecule has 1 aliphatic rings. The fraction of sp³-hybridized carbons (Fsp3) is 0.889. The number of hydrogen-bond donors (Lipinski definition) is 2. The second kappa shape index (κ2) is 3.78. The van der Waals surface area contributed by atoms with E-state index >= 15 is 0 Å². The number of guanidine groups is 1. The van der Waals surface area contributed by atoms with E-state index < -0.39 is 0 Å². The summed E-state index contributed by atoms with van der Waals surface area (Å²) in [4.78, 5) is 4.09. The van der Waals surface area contributed by atoms with E-state index in [0.717, 1.165) is 6.54 Å². The Bertz CT molecular complexity index is 165. The molecule has 0 aromatic carbocycles. The summed E-state index contributed by atoms with van der Waals surface area (Å²) in [5.74, 6) is 0.224. The van der Waals surface area contributed by atoms with Gasteiger partial charge in [-0.1, -0.05) is 26.2 Å². The molecule has 1 saturated carbocycles. The lowest BCUT2D eigenvalue weighted by atomic mass is 9.76.